The van der Waals surface area contributed by atoms with Crippen LogP contribution in [0, 0.1) is 0 Å². The van der Waals surface area contributed by atoms with Crippen LogP contribution in [-0.2, 0) is 4.74 Å². The fraction of sp³-hybridized carbons (Fsp3) is 0.300. The van der Waals surface area contributed by atoms with E-state index >= 15 is 0 Å². The molecule has 0 bridgehead atoms. The predicted octanol–water partition coefficient (Wildman–Crippen LogP) is 2.25. The summed E-state index contributed by atoms with van der Waals surface area (Å²) in [7, 11) is 4.29. The van der Waals surface area contributed by atoms with Gasteiger partial charge in [-0.25, -0.2) is 4.79 Å². The minimum absolute atomic E-state index is 0.325. The molecular weight excluding hydrogens is 264 g/mol. The van der Waals surface area contributed by atoms with E-state index < -0.39 is 5.97 Å². The molecule has 1 aromatic rings. The molecule has 0 aliphatic carbocycles. The Bertz CT molecular complexity index is 376. The van der Waals surface area contributed by atoms with Crippen LogP contribution in [0.25, 0.3) is 0 Å². The first kappa shape index (κ1) is 11.8. The molecule has 0 spiro atoms. The highest BCUT2D eigenvalue weighted by atomic mass is 79.9. The number of hydrogen-bond donors (Lipinski definition) is 0. The average Bonchev–Trinajstić information content (AvgIpc) is 2.26. The third-order valence-corrected chi connectivity index (χ3v) is 2.31. The van der Waals surface area contributed by atoms with Crippen molar-refractivity contribution < 1.29 is 19.0 Å². The van der Waals surface area contributed by atoms with Crippen molar-refractivity contribution in [3.05, 3.63) is 22.2 Å². The number of carbonyl (C=O) groups excluding carboxylic acids is 1. The zero-order valence-corrected chi connectivity index (χ0v) is 10.3. The summed E-state index contributed by atoms with van der Waals surface area (Å²) in [5.41, 5.74) is 0.325. The van der Waals surface area contributed by atoms with Crippen molar-refractivity contribution in [1.29, 1.82) is 0 Å². The molecule has 4 nitrogen and oxygen atoms in total. The number of carbonyl (C=O) groups is 1. The van der Waals surface area contributed by atoms with E-state index in [0.29, 0.717) is 17.1 Å². The monoisotopic (exact) mass is 274 g/mol. The largest absolute Gasteiger partial charge is 0.493 e. The Hall–Kier alpha value is -1.23. The SMILES string of the molecule is COC(=O)c1cc(Br)cc(OC)c1OC. The zero-order valence-electron chi connectivity index (χ0n) is 8.67. The van der Waals surface area contributed by atoms with Crippen molar-refractivity contribution in [2.45, 2.75) is 0 Å². The van der Waals surface area contributed by atoms with Gasteiger partial charge in [-0.05, 0) is 12.1 Å². The molecule has 15 heavy (non-hydrogen) atoms. The molecule has 0 saturated heterocycles. The molecule has 0 radical (unpaired) electrons. The van der Waals surface area contributed by atoms with Crippen molar-refractivity contribution in [3.63, 3.8) is 0 Å². The highest BCUT2D eigenvalue weighted by Gasteiger charge is 2.18. The van der Waals surface area contributed by atoms with Crippen molar-refractivity contribution in [2.75, 3.05) is 21.3 Å². The lowest BCUT2D eigenvalue weighted by atomic mass is 10.2. The van der Waals surface area contributed by atoms with Crippen molar-refractivity contribution >= 4 is 21.9 Å². The lowest BCUT2D eigenvalue weighted by molar-refractivity contribution is 0.0596. The fourth-order valence-electron chi connectivity index (χ4n) is 1.19. The van der Waals surface area contributed by atoms with Gasteiger partial charge in [-0.2, -0.15) is 0 Å². The number of methoxy groups -OCH3 is 3. The normalized spacial score (nSPS) is 9.60. The molecule has 0 N–H and O–H groups in total. The van der Waals surface area contributed by atoms with Gasteiger partial charge in [0, 0.05) is 4.47 Å². The van der Waals surface area contributed by atoms with Crippen LogP contribution in [0.1, 0.15) is 10.4 Å². The summed E-state index contributed by atoms with van der Waals surface area (Å²) in [5.74, 6) is 0.381. The van der Waals surface area contributed by atoms with Crippen molar-refractivity contribution in [3.8, 4) is 11.5 Å². The standard InChI is InChI=1S/C10H11BrO4/c1-13-8-5-6(11)4-7(9(8)14-2)10(12)15-3/h4-5H,1-3H3. The first-order valence-electron chi connectivity index (χ1n) is 4.13. The molecule has 0 atom stereocenters. The maximum Gasteiger partial charge on any atom is 0.341 e. The first-order chi connectivity index (χ1) is 7.13. The van der Waals surface area contributed by atoms with Gasteiger partial charge >= 0.3 is 5.97 Å². The Labute approximate surface area is 96.3 Å². The summed E-state index contributed by atoms with van der Waals surface area (Å²) in [6.45, 7) is 0. The summed E-state index contributed by atoms with van der Waals surface area (Å²) in [6.07, 6.45) is 0. The van der Waals surface area contributed by atoms with E-state index in [1.54, 1.807) is 12.1 Å². The van der Waals surface area contributed by atoms with Gasteiger partial charge in [0.15, 0.2) is 11.5 Å². The molecule has 0 heterocycles. The van der Waals surface area contributed by atoms with Crippen molar-refractivity contribution in [2.24, 2.45) is 0 Å². The van der Waals surface area contributed by atoms with E-state index in [1.165, 1.54) is 21.3 Å². The highest BCUT2D eigenvalue weighted by Crippen LogP contribution is 2.34. The molecule has 0 fully saturated rings. The third kappa shape index (κ3) is 2.41. The molecule has 0 aliphatic heterocycles. The predicted molar refractivity (Wildman–Crippen MR) is 58.6 cm³/mol. The van der Waals surface area contributed by atoms with Gasteiger partial charge in [0.2, 0.25) is 0 Å². The van der Waals surface area contributed by atoms with Crippen LogP contribution >= 0.6 is 15.9 Å². The summed E-state index contributed by atoms with van der Waals surface area (Å²) in [6, 6.07) is 3.33. The van der Waals surface area contributed by atoms with Crippen LogP contribution in [0.2, 0.25) is 0 Å². The summed E-state index contributed by atoms with van der Waals surface area (Å²) in [4.78, 5) is 11.4. The Morgan fingerprint density at radius 1 is 1.20 bits per heavy atom. The van der Waals surface area contributed by atoms with E-state index in [0.717, 1.165) is 4.47 Å². The van der Waals surface area contributed by atoms with E-state index in [2.05, 4.69) is 20.7 Å². The molecule has 0 aromatic heterocycles. The van der Waals surface area contributed by atoms with Crippen LogP contribution in [0.4, 0.5) is 0 Å². The van der Waals surface area contributed by atoms with E-state index in [4.69, 9.17) is 9.47 Å². The minimum Gasteiger partial charge on any atom is -0.493 e. The Morgan fingerprint density at radius 2 is 1.87 bits per heavy atom. The molecule has 0 unspecified atom stereocenters. The Kier molecular flexibility index (Phi) is 3.96. The molecule has 0 saturated carbocycles. The van der Waals surface area contributed by atoms with Gasteiger partial charge in [0.1, 0.15) is 5.56 Å². The first-order valence-corrected chi connectivity index (χ1v) is 4.93. The molecule has 0 amide bonds. The zero-order chi connectivity index (χ0) is 11.4. The molecule has 82 valence electrons. The number of hydrogen-bond acceptors (Lipinski definition) is 4. The summed E-state index contributed by atoms with van der Waals surface area (Å²) >= 11 is 3.27. The number of benzene rings is 1. The van der Waals surface area contributed by atoms with E-state index in [1.807, 2.05) is 0 Å². The number of esters is 1. The number of halogens is 1. The molecule has 1 aromatic carbocycles. The lowest BCUT2D eigenvalue weighted by Gasteiger charge is -2.11. The van der Waals surface area contributed by atoms with E-state index in [-0.39, 0.29) is 0 Å². The molecule has 1 rings (SSSR count). The highest BCUT2D eigenvalue weighted by molar-refractivity contribution is 9.10. The Morgan fingerprint density at radius 3 is 2.33 bits per heavy atom. The topological polar surface area (TPSA) is 44.8 Å². The average molecular weight is 275 g/mol. The second kappa shape index (κ2) is 5.02. The molecule has 0 aliphatic rings. The second-order valence-electron chi connectivity index (χ2n) is 2.68. The quantitative estimate of drug-likeness (QED) is 0.794. The number of ether oxygens (including phenoxy) is 3. The van der Waals surface area contributed by atoms with Crippen LogP contribution < -0.4 is 9.47 Å². The van der Waals surface area contributed by atoms with Gasteiger partial charge in [-0.15, -0.1) is 0 Å². The van der Waals surface area contributed by atoms with Gasteiger partial charge < -0.3 is 14.2 Å². The maximum atomic E-state index is 11.4. The van der Waals surface area contributed by atoms with Crippen LogP contribution in [-0.4, -0.2) is 27.3 Å². The van der Waals surface area contributed by atoms with Crippen LogP contribution in [0.15, 0.2) is 16.6 Å². The minimum atomic E-state index is -0.466. The molecular formula is C10H11BrO4. The van der Waals surface area contributed by atoms with Gasteiger partial charge in [0.25, 0.3) is 0 Å². The van der Waals surface area contributed by atoms with Gasteiger partial charge in [-0.1, -0.05) is 15.9 Å². The van der Waals surface area contributed by atoms with Gasteiger partial charge in [0.05, 0.1) is 21.3 Å². The van der Waals surface area contributed by atoms with E-state index in [9.17, 15) is 4.79 Å². The lowest BCUT2D eigenvalue weighted by Crippen LogP contribution is -2.05. The Balaban J connectivity index is 3.35. The second-order valence-corrected chi connectivity index (χ2v) is 3.60. The molecule has 5 heteroatoms. The summed E-state index contributed by atoms with van der Waals surface area (Å²) in [5, 5.41) is 0. The number of rotatable bonds is 3. The smallest absolute Gasteiger partial charge is 0.341 e. The maximum absolute atomic E-state index is 11.4. The van der Waals surface area contributed by atoms with Crippen molar-refractivity contribution in [1.82, 2.24) is 0 Å². The van der Waals surface area contributed by atoms with Crippen LogP contribution in [0.3, 0.4) is 0 Å². The van der Waals surface area contributed by atoms with Crippen LogP contribution in [0.5, 0.6) is 11.5 Å². The fourth-order valence-corrected chi connectivity index (χ4v) is 1.63. The summed E-state index contributed by atoms with van der Waals surface area (Å²) < 4.78 is 15.5. The third-order valence-electron chi connectivity index (χ3n) is 1.85. The van der Waals surface area contributed by atoms with Gasteiger partial charge in [-0.3, -0.25) is 0 Å².